The maximum absolute atomic E-state index is 12.9. The van der Waals surface area contributed by atoms with Crippen LogP contribution in [0.3, 0.4) is 0 Å². The number of piperidine rings is 1. The molecule has 2 aliphatic heterocycles. The second-order valence-electron chi connectivity index (χ2n) is 13.2. The van der Waals surface area contributed by atoms with Gasteiger partial charge in [0.1, 0.15) is 5.75 Å². The number of carbonyl (C=O) groups excluding carboxylic acids is 1. The summed E-state index contributed by atoms with van der Waals surface area (Å²) in [5, 5.41) is 5.72. The number of nitrogens with two attached hydrogens (primary N) is 1. The molecule has 262 valence electrons. The molecule has 49 heavy (non-hydrogen) atoms. The molecule has 12 heteroatoms. The smallest absolute Gasteiger partial charge is 0.406 e. The molecule has 0 atom stereocenters. The predicted octanol–water partition coefficient (Wildman–Crippen LogP) is 7.52. The van der Waals surface area contributed by atoms with Crippen molar-refractivity contribution in [3.05, 3.63) is 93.6 Å². The number of aromatic nitrogens is 1. The number of piperazine rings is 1. The average molecular weight is 717 g/mol. The number of halogens is 5. The zero-order valence-corrected chi connectivity index (χ0v) is 28.9. The molecule has 0 aliphatic carbocycles. The number of benzene rings is 3. The molecule has 2 fully saturated rings. The van der Waals surface area contributed by atoms with Crippen LogP contribution in [0.2, 0.25) is 10.0 Å². The van der Waals surface area contributed by atoms with Crippen LogP contribution in [0, 0.1) is 0 Å². The van der Waals surface area contributed by atoms with Crippen molar-refractivity contribution >= 4 is 39.9 Å². The summed E-state index contributed by atoms with van der Waals surface area (Å²) in [7, 11) is 0. The van der Waals surface area contributed by atoms with E-state index in [0.29, 0.717) is 35.9 Å². The fraction of sp³-hybridized carbons (Fsp3) is 0.432. The third kappa shape index (κ3) is 8.98. The van der Waals surface area contributed by atoms with Crippen molar-refractivity contribution in [1.29, 1.82) is 0 Å². The Labute approximate surface area is 295 Å². The Balaban J connectivity index is 1.15. The third-order valence-corrected chi connectivity index (χ3v) is 10.5. The number of hydrogen-bond acceptors (Lipinski definition) is 6. The molecule has 0 bridgehead atoms. The van der Waals surface area contributed by atoms with Gasteiger partial charge in [0.25, 0.3) is 0 Å². The molecule has 0 radical (unpaired) electrons. The zero-order valence-electron chi connectivity index (χ0n) is 27.4. The SMILES string of the molecule is NC1(C(=O)CCCCc2cn(-c3ccc(OC(F)(F)F)cc3)c3cc(CN4CCN(Cc5c(Cl)cccc5Cl)CC4)ccc23)CCNCC1. The Hall–Kier alpha value is -3.12. The number of rotatable bonds is 12. The van der Waals surface area contributed by atoms with E-state index in [0.717, 1.165) is 98.4 Å². The van der Waals surface area contributed by atoms with Gasteiger partial charge in [-0.05, 0) is 98.8 Å². The highest BCUT2D eigenvalue weighted by molar-refractivity contribution is 6.35. The molecular weight excluding hydrogens is 674 g/mol. The van der Waals surface area contributed by atoms with Crippen molar-refractivity contribution in [2.45, 2.75) is 63.5 Å². The van der Waals surface area contributed by atoms with E-state index >= 15 is 0 Å². The Morgan fingerprint density at radius 2 is 1.55 bits per heavy atom. The van der Waals surface area contributed by atoms with Crippen LogP contribution in [0.1, 0.15) is 48.8 Å². The zero-order chi connectivity index (χ0) is 34.6. The molecule has 6 rings (SSSR count). The largest absolute Gasteiger partial charge is 0.573 e. The first kappa shape index (κ1) is 35.7. The van der Waals surface area contributed by atoms with Gasteiger partial charge in [0.2, 0.25) is 0 Å². The monoisotopic (exact) mass is 715 g/mol. The lowest BCUT2D eigenvalue weighted by atomic mass is 9.83. The molecule has 3 N–H and O–H groups in total. The summed E-state index contributed by atoms with van der Waals surface area (Å²) in [6, 6.07) is 18.0. The number of nitrogens with zero attached hydrogens (tertiary/aromatic N) is 3. The highest BCUT2D eigenvalue weighted by atomic mass is 35.5. The molecule has 0 amide bonds. The van der Waals surface area contributed by atoms with Gasteiger partial charge in [0.05, 0.1) is 11.1 Å². The van der Waals surface area contributed by atoms with Crippen molar-refractivity contribution in [2.24, 2.45) is 5.73 Å². The number of ketones is 1. The van der Waals surface area contributed by atoms with Gasteiger partial charge in [-0.15, -0.1) is 13.2 Å². The summed E-state index contributed by atoms with van der Waals surface area (Å²) in [4.78, 5) is 17.7. The van der Waals surface area contributed by atoms with E-state index < -0.39 is 11.9 Å². The minimum Gasteiger partial charge on any atom is -0.406 e. The highest BCUT2D eigenvalue weighted by Crippen LogP contribution is 2.31. The van der Waals surface area contributed by atoms with Crippen LogP contribution >= 0.6 is 23.2 Å². The first-order valence-corrected chi connectivity index (χ1v) is 17.6. The maximum atomic E-state index is 12.9. The molecule has 3 heterocycles. The molecule has 3 aromatic carbocycles. The van der Waals surface area contributed by atoms with Crippen molar-refractivity contribution in [3.63, 3.8) is 0 Å². The molecule has 0 spiro atoms. The molecule has 2 saturated heterocycles. The Morgan fingerprint density at radius 1 is 0.898 bits per heavy atom. The second-order valence-corrected chi connectivity index (χ2v) is 14.0. The number of nitrogens with one attached hydrogen (secondary N) is 1. The topological polar surface area (TPSA) is 75.8 Å². The van der Waals surface area contributed by atoms with Crippen molar-refractivity contribution in [3.8, 4) is 11.4 Å². The van der Waals surface area contributed by atoms with E-state index in [1.165, 1.54) is 12.1 Å². The molecule has 7 nitrogen and oxygen atoms in total. The summed E-state index contributed by atoms with van der Waals surface area (Å²) in [6.07, 6.45) is 1.43. The summed E-state index contributed by atoms with van der Waals surface area (Å²) in [6.45, 7) is 6.58. The van der Waals surface area contributed by atoms with Gasteiger partial charge >= 0.3 is 6.36 Å². The summed E-state index contributed by atoms with van der Waals surface area (Å²) < 4.78 is 44.6. The lowest BCUT2D eigenvalue weighted by Gasteiger charge is -2.35. The van der Waals surface area contributed by atoms with E-state index in [2.05, 4.69) is 44.2 Å². The average Bonchev–Trinajstić information content (AvgIpc) is 3.43. The van der Waals surface area contributed by atoms with E-state index in [1.54, 1.807) is 12.1 Å². The van der Waals surface area contributed by atoms with Crippen LogP contribution in [-0.2, 0) is 24.3 Å². The number of hydrogen-bond donors (Lipinski definition) is 2. The number of Topliss-reactive ketones (excluding diaryl/α,β-unsaturated/α-hetero) is 1. The van der Waals surface area contributed by atoms with Gasteiger partial charge in [-0.3, -0.25) is 14.6 Å². The third-order valence-electron chi connectivity index (χ3n) is 9.77. The summed E-state index contributed by atoms with van der Waals surface area (Å²) in [5.41, 5.74) is 10.7. The van der Waals surface area contributed by atoms with Crippen molar-refractivity contribution in [2.75, 3.05) is 39.3 Å². The van der Waals surface area contributed by atoms with E-state index in [4.69, 9.17) is 28.9 Å². The summed E-state index contributed by atoms with van der Waals surface area (Å²) in [5.74, 6) is -0.128. The number of aryl methyl sites for hydroxylation is 1. The minimum absolute atomic E-state index is 0.135. The lowest BCUT2D eigenvalue weighted by molar-refractivity contribution is -0.274. The normalized spacial score (nSPS) is 17.4. The quantitative estimate of drug-likeness (QED) is 0.148. The molecular formula is C37H42Cl2F3N5O2. The Morgan fingerprint density at radius 3 is 2.20 bits per heavy atom. The van der Waals surface area contributed by atoms with E-state index in [9.17, 15) is 18.0 Å². The van der Waals surface area contributed by atoms with Crippen LogP contribution in [0.25, 0.3) is 16.6 Å². The van der Waals surface area contributed by atoms with Crippen LogP contribution in [0.5, 0.6) is 5.75 Å². The van der Waals surface area contributed by atoms with Gasteiger partial charge in [0, 0.05) is 78.6 Å². The molecule has 4 aromatic rings. The number of unbranched alkanes of at least 4 members (excludes halogenated alkanes) is 1. The maximum Gasteiger partial charge on any atom is 0.573 e. The fourth-order valence-corrected chi connectivity index (χ4v) is 7.45. The van der Waals surface area contributed by atoms with Crippen molar-refractivity contribution in [1.82, 2.24) is 19.7 Å². The molecule has 2 aliphatic rings. The van der Waals surface area contributed by atoms with E-state index in [-0.39, 0.29) is 11.5 Å². The Bertz CT molecular complexity index is 1730. The lowest BCUT2D eigenvalue weighted by Crippen LogP contribution is -2.54. The van der Waals surface area contributed by atoms with Gasteiger partial charge in [-0.25, -0.2) is 0 Å². The van der Waals surface area contributed by atoms with Crippen LogP contribution in [0.15, 0.2) is 66.9 Å². The van der Waals surface area contributed by atoms with Crippen molar-refractivity contribution < 1.29 is 22.7 Å². The summed E-state index contributed by atoms with van der Waals surface area (Å²) >= 11 is 12.8. The molecule has 0 unspecified atom stereocenters. The number of ether oxygens (including phenoxy) is 1. The van der Waals surface area contributed by atoms with Crippen LogP contribution in [0.4, 0.5) is 13.2 Å². The van der Waals surface area contributed by atoms with Gasteiger partial charge < -0.3 is 20.4 Å². The van der Waals surface area contributed by atoms with Crippen LogP contribution < -0.4 is 15.8 Å². The first-order chi connectivity index (χ1) is 23.5. The number of carbonyl (C=O) groups is 1. The first-order valence-electron chi connectivity index (χ1n) is 16.9. The van der Waals surface area contributed by atoms with E-state index in [1.807, 2.05) is 22.8 Å². The second kappa shape index (κ2) is 15.4. The fourth-order valence-electron chi connectivity index (χ4n) is 6.93. The predicted molar refractivity (Wildman–Crippen MR) is 189 cm³/mol. The molecule has 0 saturated carbocycles. The number of fused-ring (bicyclic) bond motifs is 1. The van der Waals surface area contributed by atoms with Gasteiger partial charge in [0.15, 0.2) is 5.78 Å². The van der Waals surface area contributed by atoms with Gasteiger partial charge in [-0.1, -0.05) is 41.4 Å². The minimum atomic E-state index is -4.75. The standard InChI is InChI=1S/C37H42Cl2F3N5O2/c38-32-5-3-6-33(39)31(32)25-46-20-18-45(19-21-46)23-26-8-13-30-27(4-1-2-7-35(48)36(43)14-16-44-17-15-36)24-47(34(30)22-26)28-9-11-29(12-10-28)49-37(40,41)42/h3,5-6,8-13,22,24,44H,1-2,4,7,14-21,23,25,43H2. The van der Waals surface area contributed by atoms with Crippen LogP contribution in [-0.4, -0.2) is 71.3 Å². The molecule has 1 aromatic heterocycles. The Kier molecular flexibility index (Phi) is 11.2. The number of alkyl halides is 3. The highest BCUT2D eigenvalue weighted by Gasteiger charge is 2.34. The van der Waals surface area contributed by atoms with Gasteiger partial charge in [-0.2, -0.15) is 0 Å².